The number of aliphatic hydroxyl groups is 1. The first kappa shape index (κ1) is 13.0. The SMILES string of the molecule is O=C(/C=C/c1cccs1)NCC(O)c1ccsc1. The van der Waals surface area contributed by atoms with Gasteiger partial charge in [0.05, 0.1) is 6.10 Å². The normalized spacial score (nSPS) is 12.7. The van der Waals surface area contributed by atoms with E-state index in [4.69, 9.17) is 0 Å². The Morgan fingerprint density at radius 3 is 3.00 bits per heavy atom. The predicted molar refractivity (Wildman–Crippen MR) is 75.6 cm³/mol. The van der Waals surface area contributed by atoms with Crippen LogP contribution < -0.4 is 5.32 Å². The average Bonchev–Trinajstić information content (AvgIpc) is 3.05. The summed E-state index contributed by atoms with van der Waals surface area (Å²) < 4.78 is 0. The summed E-state index contributed by atoms with van der Waals surface area (Å²) in [5.41, 5.74) is 0.836. The van der Waals surface area contributed by atoms with Crippen LogP contribution in [0, 0.1) is 0 Å². The summed E-state index contributed by atoms with van der Waals surface area (Å²) in [5, 5.41) is 18.2. The molecule has 0 fully saturated rings. The Kier molecular flexibility index (Phi) is 4.69. The second-order valence-corrected chi connectivity index (χ2v) is 5.43. The number of nitrogens with one attached hydrogen (secondary N) is 1. The molecule has 0 aliphatic rings. The highest BCUT2D eigenvalue weighted by atomic mass is 32.1. The first-order chi connectivity index (χ1) is 8.75. The van der Waals surface area contributed by atoms with Gasteiger partial charge in [-0.2, -0.15) is 11.3 Å². The lowest BCUT2D eigenvalue weighted by Crippen LogP contribution is -2.26. The van der Waals surface area contributed by atoms with Crippen LogP contribution in [0.1, 0.15) is 16.5 Å². The van der Waals surface area contributed by atoms with Crippen LogP contribution >= 0.6 is 22.7 Å². The largest absolute Gasteiger partial charge is 0.387 e. The Balaban J connectivity index is 1.78. The summed E-state index contributed by atoms with van der Waals surface area (Å²) in [6.45, 7) is 0.227. The molecule has 0 aliphatic heterocycles. The van der Waals surface area contributed by atoms with Crippen molar-refractivity contribution in [2.45, 2.75) is 6.10 Å². The third kappa shape index (κ3) is 3.80. The molecule has 2 heterocycles. The molecule has 2 aromatic rings. The van der Waals surface area contributed by atoms with Gasteiger partial charge in [0.25, 0.3) is 0 Å². The van der Waals surface area contributed by atoms with Crippen LogP contribution in [0.15, 0.2) is 40.4 Å². The van der Waals surface area contributed by atoms with E-state index in [0.717, 1.165) is 10.4 Å². The van der Waals surface area contributed by atoms with E-state index in [-0.39, 0.29) is 12.5 Å². The van der Waals surface area contributed by atoms with Crippen molar-refractivity contribution in [3.05, 3.63) is 50.9 Å². The number of hydrogen-bond donors (Lipinski definition) is 2. The van der Waals surface area contributed by atoms with Gasteiger partial charge in [0.2, 0.25) is 5.91 Å². The van der Waals surface area contributed by atoms with Gasteiger partial charge in [-0.15, -0.1) is 11.3 Å². The lowest BCUT2D eigenvalue weighted by atomic mass is 10.2. The Labute approximate surface area is 113 Å². The lowest BCUT2D eigenvalue weighted by molar-refractivity contribution is -0.116. The molecule has 3 nitrogen and oxygen atoms in total. The fourth-order valence-electron chi connectivity index (χ4n) is 1.38. The second kappa shape index (κ2) is 6.49. The minimum Gasteiger partial charge on any atom is -0.387 e. The number of hydrogen-bond acceptors (Lipinski definition) is 4. The maximum Gasteiger partial charge on any atom is 0.244 e. The van der Waals surface area contributed by atoms with Gasteiger partial charge in [-0.25, -0.2) is 0 Å². The van der Waals surface area contributed by atoms with E-state index in [1.165, 1.54) is 17.4 Å². The van der Waals surface area contributed by atoms with Crippen LogP contribution in [-0.4, -0.2) is 17.6 Å². The maximum absolute atomic E-state index is 11.5. The molecular formula is C13H13NO2S2. The first-order valence-corrected chi connectivity index (χ1v) is 7.27. The molecule has 0 saturated heterocycles. The third-order valence-corrected chi connectivity index (χ3v) is 3.88. The van der Waals surface area contributed by atoms with Crippen LogP contribution in [0.3, 0.4) is 0 Å². The topological polar surface area (TPSA) is 49.3 Å². The van der Waals surface area contributed by atoms with Crippen LogP contribution in [0.25, 0.3) is 6.08 Å². The molecule has 94 valence electrons. The van der Waals surface area contributed by atoms with Gasteiger partial charge < -0.3 is 10.4 Å². The van der Waals surface area contributed by atoms with Gasteiger partial charge in [-0.3, -0.25) is 4.79 Å². The van der Waals surface area contributed by atoms with Gasteiger partial charge in [-0.05, 0) is 39.9 Å². The summed E-state index contributed by atoms with van der Waals surface area (Å²) in [5.74, 6) is -0.197. The van der Waals surface area contributed by atoms with Crippen LogP contribution in [-0.2, 0) is 4.79 Å². The van der Waals surface area contributed by atoms with Crippen LogP contribution in [0.5, 0.6) is 0 Å². The average molecular weight is 279 g/mol. The maximum atomic E-state index is 11.5. The van der Waals surface area contributed by atoms with Crippen molar-refractivity contribution in [1.82, 2.24) is 5.32 Å². The molecule has 0 saturated carbocycles. The third-order valence-electron chi connectivity index (χ3n) is 2.34. The number of amides is 1. The molecule has 0 aromatic carbocycles. The van der Waals surface area contributed by atoms with Crippen molar-refractivity contribution in [2.24, 2.45) is 0 Å². The lowest BCUT2D eigenvalue weighted by Gasteiger charge is -2.08. The van der Waals surface area contributed by atoms with Crippen molar-refractivity contribution in [1.29, 1.82) is 0 Å². The summed E-state index contributed by atoms with van der Waals surface area (Å²) in [7, 11) is 0. The fraction of sp³-hybridized carbons (Fsp3) is 0.154. The molecule has 1 unspecified atom stereocenters. The molecular weight excluding hydrogens is 266 g/mol. The number of carbonyl (C=O) groups excluding carboxylic acids is 1. The molecule has 2 aromatic heterocycles. The molecule has 0 spiro atoms. The number of rotatable bonds is 5. The number of aliphatic hydroxyl groups excluding tert-OH is 1. The van der Waals surface area contributed by atoms with E-state index in [1.807, 2.05) is 34.3 Å². The highest BCUT2D eigenvalue weighted by Gasteiger charge is 2.08. The summed E-state index contributed by atoms with van der Waals surface area (Å²) in [6.07, 6.45) is 2.60. The van der Waals surface area contributed by atoms with Crippen LogP contribution in [0.2, 0.25) is 0 Å². The first-order valence-electron chi connectivity index (χ1n) is 5.45. The molecule has 18 heavy (non-hydrogen) atoms. The smallest absolute Gasteiger partial charge is 0.244 e. The number of thiophene rings is 2. The zero-order chi connectivity index (χ0) is 12.8. The van der Waals surface area contributed by atoms with E-state index >= 15 is 0 Å². The van der Waals surface area contributed by atoms with E-state index in [1.54, 1.807) is 17.4 Å². The zero-order valence-corrected chi connectivity index (χ0v) is 11.2. The Morgan fingerprint density at radius 1 is 1.44 bits per heavy atom. The van der Waals surface area contributed by atoms with Gasteiger partial charge in [-0.1, -0.05) is 6.07 Å². The van der Waals surface area contributed by atoms with E-state index in [0.29, 0.717) is 0 Å². The number of carbonyl (C=O) groups is 1. The van der Waals surface area contributed by atoms with Gasteiger partial charge in [0.15, 0.2) is 0 Å². The summed E-state index contributed by atoms with van der Waals surface area (Å²) >= 11 is 3.10. The second-order valence-electron chi connectivity index (χ2n) is 3.67. The summed E-state index contributed by atoms with van der Waals surface area (Å²) in [4.78, 5) is 12.5. The Hall–Kier alpha value is -1.43. The van der Waals surface area contributed by atoms with Crippen molar-refractivity contribution in [2.75, 3.05) is 6.54 Å². The monoisotopic (exact) mass is 279 g/mol. The molecule has 0 aliphatic carbocycles. The molecule has 5 heteroatoms. The fourth-order valence-corrected chi connectivity index (χ4v) is 2.71. The van der Waals surface area contributed by atoms with E-state index in [2.05, 4.69) is 5.32 Å². The van der Waals surface area contributed by atoms with Crippen molar-refractivity contribution >= 4 is 34.7 Å². The standard InChI is InChI=1S/C13H13NO2S2/c15-12(10-5-7-17-9-10)8-14-13(16)4-3-11-2-1-6-18-11/h1-7,9,12,15H,8H2,(H,14,16)/b4-3+. The predicted octanol–water partition coefficient (Wildman–Crippen LogP) is 2.67. The molecule has 0 bridgehead atoms. The molecule has 1 amide bonds. The molecule has 2 rings (SSSR count). The van der Waals surface area contributed by atoms with Crippen molar-refractivity contribution in [3.8, 4) is 0 Å². The van der Waals surface area contributed by atoms with Gasteiger partial charge in [0.1, 0.15) is 0 Å². The molecule has 1 atom stereocenters. The van der Waals surface area contributed by atoms with Crippen molar-refractivity contribution < 1.29 is 9.90 Å². The van der Waals surface area contributed by atoms with Gasteiger partial charge >= 0.3 is 0 Å². The van der Waals surface area contributed by atoms with Gasteiger partial charge in [0, 0.05) is 17.5 Å². The Bertz CT molecular complexity index is 503. The van der Waals surface area contributed by atoms with Crippen molar-refractivity contribution in [3.63, 3.8) is 0 Å². The highest BCUT2D eigenvalue weighted by molar-refractivity contribution is 7.10. The Morgan fingerprint density at radius 2 is 2.33 bits per heavy atom. The minimum absolute atomic E-state index is 0.197. The zero-order valence-electron chi connectivity index (χ0n) is 9.58. The van der Waals surface area contributed by atoms with E-state index < -0.39 is 6.10 Å². The quantitative estimate of drug-likeness (QED) is 0.827. The summed E-state index contributed by atoms with van der Waals surface area (Å²) in [6, 6.07) is 5.72. The highest BCUT2D eigenvalue weighted by Crippen LogP contribution is 2.15. The van der Waals surface area contributed by atoms with E-state index in [9.17, 15) is 9.90 Å². The minimum atomic E-state index is -0.643. The van der Waals surface area contributed by atoms with Crippen LogP contribution in [0.4, 0.5) is 0 Å². The molecule has 2 N–H and O–H groups in total. The molecule has 0 radical (unpaired) electrons.